The molecular weight excluding hydrogens is 679 g/mol. The summed E-state index contributed by atoms with van der Waals surface area (Å²) >= 11 is 6.96. The van der Waals surface area contributed by atoms with Crippen LogP contribution < -0.4 is 14.8 Å². The minimum absolute atomic E-state index is 0.0753. The Morgan fingerprint density at radius 2 is 1.67 bits per heavy atom. The van der Waals surface area contributed by atoms with E-state index >= 15 is 0 Å². The van der Waals surface area contributed by atoms with E-state index in [0.717, 1.165) is 19.0 Å². The second kappa shape index (κ2) is 15.1. The van der Waals surface area contributed by atoms with Crippen LogP contribution in [0, 0.1) is 0 Å². The van der Waals surface area contributed by atoms with Crippen LogP contribution in [0.2, 0.25) is 0 Å². The monoisotopic (exact) mass is 710 g/mol. The number of amides is 1. The molecule has 1 atom stereocenters. The van der Waals surface area contributed by atoms with E-state index in [4.69, 9.17) is 21.7 Å². The van der Waals surface area contributed by atoms with E-state index in [2.05, 4.69) is 32.2 Å². The Labute approximate surface area is 283 Å². The van der Waals surface area contributed by atoms with Crippen molar-refractivity contribution in [1.82, 2.24) is 15.1 Å². The fourth-order valence-electron chi connectivity index (χ4n) is 5.29. The second-order valence-electron chi connectivity index (χ2n) is 11.1. The van der Waals surface area contributed by atoms with E-state index in [1.165, 1.54) is 30.5 Å². The highest BCUT2D eigenvalue weighted by molar-refractivity contribution is 8.15. The van der Waals surface area contributed by atoms with Crippen molar-refractivity contribution in [1.29, 1.82) is 0 Å². The van der Waals surface area contributed by atoms with Gasteiger partial charge >= 0.3 is 12.4 Å². The number of carbonyl (C=O) groups excluding carboxylic acids is 1. The van der Waals surface area contributed by atoms with E-state index in [0.29, 0.717) is 54.5 Å². The molecule has 0 aromatic heterocycles. The van der Waals surface area contributed by atoms with Gasteiger partial charge in [-0.05, 0) is 60.5 Å². The molecule has 0 bridgehead atoms. The number of methoxy groups -OCH3 is 1. The molecule has 256 valence electrons. The Morgan fingerprint density at radius 1 is 0.938 bits per heavy atom. The van der Waals surface area contributed by atoms with Gasteiger partial charge in [0.05, 0.1) is 23.5 Å². The summed E-state index contributed by atoms with van der Waals surface area (Å²) in [4.78, 5) is 21.3. The Balaban J connectivity index is 1.13. The number of piperazine rings is 1. The molecule has 0 radical (unpaired) electrons. The van der Waals surface area contributed by atoms with Gasteiger partial charge in [0.25, 0.3) is 5.91 Å². The number of nitrogens with one attached hydrogen (secondary N) is 1. The van der Waals surface area contributed by atoms with Crippen molar-refractivity contribution in [2.45, 2.75) is 37.1 Å². The van der Waals surface area contributed by atoms with Crippen LogP contribution in [0.1, 0.15) is 27.8 Å². The first-order chi connectivity index (χ1) is 22.8. The first kappa shape index (κ1) is 35.3. The molecule has 2 aliphatic rings. The maximum absolute atomic E-state index is 13.6. The molecule has 1 N–H and O–H groups in total. The average molecular weight is 711 g/mol. The lowest BCUT2D eigenvalue weighted by atomic mass is 10.0. The molecule has 0 saturated carbocycles. The summed E-state index contributed by atoms with van der Waals surface area (Å²) in [6, 6.07) is 16.3. The molecular formula is C33H32F6N4O3S2. The number of amidine groups is 1. The SMILES string of the molecule is COc1cc(CC2SC(N3CCN(C(=S)NCCc4ccccc4)CC3)=NC2=O)ccc1OCc1ccc(C(F)(F)F)cc1C(F)(F)F. The number of ether oxygens (including phenoxy) is 2. The summed E-state index contributed by atoms with van der Waals surface area (Å²) in [6.07, 6.45) is -8.75. The molecule has 1 fully saturated rings. The van der Waals surface area contributed by atoms with Gasteiger partial charge in [0, 0.05) is 38.3 Å². The van der Waals surface area contributed by atoms with Crippen molar-refractivity contribution in [3.05, 3.63) is 94.5 Å². The van der Waals surface area contributed by atoms with Crippen molar-refractivity contribution in [3.63, 3.8) is 0 Å². The number of nitrogens with zero attached hydrogens (tertiary/aromatic N) is 3. The number of halogens is 6. The molecule has 15 heteroatoms. The smallest absolute Gasteiger partial charge is 0.416 e. The molecule has 0 spiro atoms. The first-order valence-electron chi connectivity index (χ1n) is 15.0. The zero-order valence-electron chi connectivity index (χ0n) is 25.7. The van der Waals surface area contributed by atoms with Crippen molar-refractivity contribution in [2.75, 3.05) is 39.8 Å². The standard InChI is InChI=1S/C33H32F6N4O3S2/c1-45-27-17-22(7-10-26(27)46-20-23-8-9-24(32(34,35)36)19-25(23)33(37,38)39)18-28-29(44)41-31(48-28)43-15-13-42(14-16-43)30(47)40-12-11-21-5-3-2-4-6-21/h2-10,17,19,28H,11-16,18,20H2,1H3,(H,40,47). The molecule has 2 heterocycles. The summed E-state index contributed by atoms with van der Waals surface area (Å²) in [5.41, 5.74) is -1.35. The van der Waals surface area contributed by atoms with Crippen LogP contribution >= 0.6 is 24.0 Å². The molecule has 1 amide bonds. The van der Waals surface area contributed by atoms with E-state index < -0.39 is 40.9 Å². The van der Waals surface area contributed by atoms with Crippen molar-refractivity contribution in [3.8, 4) is 11.5 Å². The van der Waals surface area contributed by atoms with E-state index in [1.54, 1.807) is 12.1 Å². The van der Waals surface area contributed by atoms with Crippen LogP contribution in [0.4, 0.5) is 26.3 Å². The number of alkyl halides is 6. The molecule has 2 aliphatic heterocycles. The molecule has 3 aromatic rings. The number of thioether (sulfide) groups is 1. The highest BCUT2D eigenvalue weighted by atomic mass is 32.2. The lowest BCUT2D eigenvalue weighted by Gasteiger charge is -2.36. The fraction of sp³-hybridized carbons (Fsp3) is 0.364. The van der Waals surface area contributed by atoms with E-state index in [-0.39, 0.29) is 23.5 Å². The third-order valence-electron chi connectivity index (χ3n) is 7.87. The maximum Gasteiger partial charge on any atom is 0.416 e. The van der Waals surface area contributed by atoms with Crippen molar-refractivity contribution in [2.24, 2.45) is 4.99 Å². The summed E-state index contributed by atoms with van der Waals surface area (Å²) in [5, 5.41) is 4.19. The lowest BCUT2D eigenvalue weighted by Crippen LogP contribution is -2.52. The fourth-order valence-corrected chi connectivity index (χ4v) is 6.73. The van der Waals surface area contributed by atoms with Crippen LogP contribution in [-0.4, -0.2) is 71.1 Å². The molecule has 1 saturated heterocycles. The Bertz CT molecular complexity index is 1640. The molecule has 3 aromatic carbocycles. The maximum atomic E-state index is 13.6. The van der Waals surface area contributed by atoms with Crippen molar-refractivity contribution >= 4 is 40.2 Å². The van der Waals surface area contributed by atoms with Gasteiger partial charge < -0.3 is 24.6 Å². The summed E-state index contributed by atoms with van der Waals surface area (Å²) in [6.45, 7) is 2.77. The number of hydrogen-bond donors (Lipinski definition) is 1. The van der Waals surface area contributed by atoms with Gasteiger partial charge in [-0.15, -0.1) is 0 Å². The summed E-state index contributed by atoms with van der Waals surface area (Å²) in [7, 11) is 1.35. The Hall–Kier alpha value is -3.98. The average Bonchev–Trinajstić information content (AvgIpc) is 3.43. The molecule has 1 unspecified atom stereocenters. The second-order valence-corrected chi connectivity index (χ2v) is 12.7. The summed E-state index contributed by atoms with van der Waals surface area (Å²) in [5.74, 6) is 0.0350. The van der Waals surface area contributed by atoms with Gasteiger partial charge in [0.2, 0.25) is 0 Å². The third-order valence-corrected chi connectivity index (χ3v) is 9.49. The largest absolute Gasteiger partial charge is 0.493 e. The molecule has 5 rings (SSSR count). The minimum Gasteiger partial charge on any atom is -0.493 e. The number of rotatable bonds is 9. The Morgan fingerprint density at radius 3 is 2.33 bits per heavy atom. The molecule has 48 heavy (non-hydrogen) atoms. The minimum atomic E-state index is -5.01. The number of thiocarbonyl (C=S) groups is 1. The normalized spacial score (nSPS) is 16.9. The number of hydrogen-bond acceptors (Lipinski definition) is 6. The Kier molecular flexibility index (Phi) is 11.1. The van der Waals surface area contributed by atoms with E-state index in [1.807, 2.05) is 18.2 Å². The summed E-state index contributed by atoms with van der Waals surface area (Å²) < 4.78 is 90.7. The quantitative estimate of drug-likeness (QED) is 0.197. The molecule has 7 nitrogen and oxygen atoms in total. The topological polar surface area (TPSA) is 66.4 Å². The van der Waals surface area contributed by atoms with Gasteiger partial charge in [-0.3, -0.25) is 4.79 Å². The van der Waals surface area contributed by atoms with Gasteiger partial charge in [0.15, 0.2) is 21.8 Å². The number of aliphatic imine (C=N–C) groups is 1. The van der Waals surface area contributed by atoms with Gasteiger partial charge in [0.1, 0.15) is 6.61 Å². The number of carbonyl (C=O) groups is 1. The molecule has 0 aliphatic carbocycles. The van der Waals surface area contributed by atoms with Gasteiger partial charge in [-0.2, -0.15) is 31.3 Å². The van der Waals surface area contributed by atoms with Crippen LogP contribution in [0.5, 0.6) is 11.5 Å². The van der Waals surface area contributed by atoms with E-state index in [9.17, 15) is 31.1 Å². The highest BCUT2D eigenvalue weighted by Crippen LogP contribution is 2.38. The van der Waals surface area contributed by atoms with Crippen LogP contribution in [0.25, 0.3) is 0 Å². The predicted molar refractivity (Wildman–Crippen MR) is 175 cm³/mol. The van der Waals surface area contributed by atoms with Crippen LogP contribution in [0.15, 0.2) is 71.7 Å². The van der Waals surface area contributed by atoms with Crippen LogP contribution in [-0.2, 0) is 36.6 Å². The first-order valence-corrected chi connectivity index (χ1v) is 16.3. The van der Waals surface area contributed by atoms with Gasteiger partial charge in [-0.25, -0.2) is 0 Å². The van der Waals surface area contributed by atoms with Gasteiger partial charge in [-0.1, -0.05) is 54.2 Å². The number of benzene rings is 3. The third kappa shape index (κ3) is 8.92. The lowest BCUT2D eigenvalue weighted by molar-refractivity contribution is -0.143. The highest BCUT2D eigenvalue weighted by Gasteiger charge is 2.38. The predicted octanol–water partition coefficient (Wildman–Crippen LogP) is 6.59. The van der Waals surface area contributed by atoms with Crippen LogP contribution in [0.3, 0.4) is 0 Å². The van der Waals surface area contributed by atoms with Crippen molar-refractivity contribution < 1.29 is 40.6 Å². The zero-order valence-corrected chi connectivity index (χ0v) is 27.4. The zero-order chi connectivity index (χ0) is 34.5.